The van der Waals surface area contributed by atoms with Crippen LogP contribution in [0.2, 0.25) is 0 Å². The Hall–Kier alpha value is -3.20. The van der Waals surface area contributed by atoms with Gasteiger partial charge in [-0.3, -0.25) is 10.1 Å². The summed E-state index contributed by atoms with van der Waals surface area (Å²) in [6, 6.07) is 8.57. The highest BCUT2D eigenvalue weighted by Crippen LogP contribution is 2.39. The number of ether oxygens (including phenoxy) is 5. The van der Waals surface area contributed by atoms with E-state index in [-0.39, 0.29) is 5.11 Å². The molecule has 0 bridgehead atoms. The summed E-state index contributed by atoms with van der Waals surface area (Å²) < 4.78 is 28.1. The number of thiocarbonyl (C=S) groups is 1. The summed E-state index contributed by atoms with van der Waals surface area (Å²) in [5.41, 5.74) is 1.01. The molecule has 8 nitrogen and oxygen atoms in total. The zero-order chi connectivity index (χ0) is 22.2. The van der Waals surface area contributed by atoms with E-state index in [4.69, 9.17) is 35.9 Å². The number of carbonyl (C=O) groups excluding carboxylic acids is 1. The van der Waals surface area contributed by atoms with E-state index in [0.717, 1.165) is 0 Å². The number of nitrogens with one attached hydrogen (secondary N) is 2. The topological polar surface area (TPSA) is 87.3 Å². The van der Waals surface area contributed by atoms with Gasteiger partial charge in [-0.15, -0.1) is 0 Å². The minimum absolute atomic E-state index is 0.145. The van der Waals surface area contributed by atoms with E-state index < -0.39 is 5.91 Å². The molecule has 2 N–H and O–H groups in total. The van der Waals surface area contributed by atoms with Gasteiger partial charge in [0.1, 0.15) is 13.2 Å². The van der Waals surface area contributed by atoms with Crippen LogP contribution in [0, 0.1) is 0 Å². The minimum Gasteiger partial charge on any atom is -0.490 e. The fourth-order valence-electron chi connectivity index (χ4n) is 2.98. The molecule has 0 atom stereocenters. The van der Waals surface area contributed by atoms with E-state index in [1.807, 2.05) is 20.8 Å². The number of amides is 1. The van der Waals surface area contributed by atoms with Crippen LogP contribution in [0.25, 0.3) is 0 Å². The Bertz CT molecular complexity index is 923. The van der Waals surface area contributed by atoms with Crippen LogP contribution in [0.4, 0.5) is 5.69 Å². The summed E-state index contributed by atoms with van der Waals surface area (Å²) in [6.45, 7) is 7.86. The van der Waals surface area contributed by atoms with Crippen LogP contribution in [0.5, 0.6) is 28.7 Å². The normalized spacial score (nSPS) is 12.0. The molecule has 2 aromatic carbocycles. The van der Waals surface area contributed by atoms with Crippen molar-refractivity contribution in [2.75, 3.05) is 38.4 Å². The first-order valence-electron chi connectivity index (χ1n) is 10.1. The standard InChI is InChI=1S/C22H26N2O6S/c1-4-26-18-11-14(12-19(27-5-2)20(18)28-6-3)21(25)24-22(31)23-15-7-8-16-17(13-15)30-10-9-29-16/h7-8,11-13H,4-6,9-10H2,1-3H3,(H2,23,24,25,31). The molecular weight excluding hydrogens is 420 g/mol. The maximum atomic E-state index is 12.8. The number of fused-ring (bicyclic) bond motifs is 1. The average molecular weight is 447 g/mol. The quantitative estimate of drug-likeness (QED) is 0.593. The molecular formula is C22H26N2O6S. The molecule has 3 rings (SSSR count). The zero-order valence-electron chi connectivity index (χ0n) is 17.8. The van der Waals surface area contributed by atoms with Gasteiger partial charge in [0.15, 0.2) is 28.1 Å². The Morgan fingerprint density at radius 1 is 0.935 bits per heavy atom. The molecule has 1 heterocycles. The van der Waals surface area contributed by atoms with Crippen LogP contribution in [0.3, 0.4) is 0 Å². The van der Waals surface area contributed by atoms with Crippen molar-refractivity contribution in [1.82, 2.24) is 5.32 Å². The van der Waals surface area contributed by atoms with Gasteiger partial charge in [-0.25, -0.2) is 0 Å². The number of anilines is 1. The lowest BCUT2D eigenvalue weighted by molar-refractivity contribution is 0.0976. The monoisotopic (exact) mass is 446 g/mol. The molecule has 0 aromatic heterocycles. The Morgan fingerprint density at radius 2 is 1.55 bits per heavy atom. The molecule has 0 saturated carbocycles. The number of hydrogen-bond donors (Lipinski definition) is 2. The molecule has 31 heavy (non-hydrogen) atoms. The van der Waals surface area contributed by atoms with Crippen LogP contribution in [0.1, 0.15) is 31.1 Å². The van der Waals surface area contributed by atoms with Gasteiger partial charge < -0.3 is 29.0 Å². The van der Waals surface area contributed by atoms with E-state index >= 15 is 0 Å². The Kier molecular flexibility index (Phi) is 7.77. The highest BCUT2D eigenvalue weighted by atomic mass is 32.1. The summed E-state index contributed by atoms with van der Waals surface area (Å²) in [6.07, 6.45) is 0. The van der Waals surface area contributed by atoms with Crippen molar-refractivity contribution in [1.29, 1.82) is 0 Å². The molecule has 2 aromatic rings. The second-order valence-electron chi connectivity index (χ2n) is 6.37. The highest BCUT2D eigenvalue weighted by Gasteiger charge is 2.19. The summed E-state index contributed by atoms with van der Waals surface area (Å²) in [5, 5.41) is 5.80. The van der Waals surface area contributed by atoms with Crippen molar-refractivity contribution in [2.24, 2.45) is 0 Å². The maximum Gasteiger partial charge on any atom is 0.257 e. The molecule has 1 aliphatic heterocycles. The molecule has 0 unspecified atom stereocenters. The first kappa shape index (κ1) is 22.5. The largest absolute Gasteiger partial charge is 0.490 e. The van der Waals surface area contributed by atoms with Crippen molar-refractivity contribution < 1.29 is 28.5 Å². The fraction of sp³-hybridized carbons (Fsp3) is 0.364. The van der Waals surface area contributed by atoms with E-state index in [2.05, 4.69) is 10.6 Å². The fourth-order valence-corrected chi connectivity index (χ4v) is 3.19. The predicted octanol–water partition coefficient (Wildman–Crippen LogP) is 3.78. The van der Waals surface area contributed by atoms with Gasteiger partial charge in [-0.2, -0.15) is 0 Å². The van der Waals surface area contributed by atoms with Crippen molar-refractivity contribution >= 4 is 28.9 Å². The first-order valence-corrected chi connectivity index (χ1v) is 10.5. The van der Waals surface area contributed by atoms with Crippen molar-refractivity contribution in [2.45, 2.75) is 20.8 Å². The molecule has 9 heteroatoms. The van der Waals surface area contributed by atoms with Crippen molar-refractivity contribution in [3.8, 4) is 28.7 Å². The average Bonchev–Trinajstić information content (AvgIpc) is 2.76. The van der Waals surface area contributed by atoms with E-state index in [0.29, 0.717) is 73.0 Å². The third-order valence-corrected chi connectivity index (χ3v) is 4.40. The number of carbonyl (C=O) groups is 1. The van der Waals surface area contributed by atoms with Gasteiger partial charge in [-0.1, -0.05) is 0 Å². The van der Waals surface area contributed by atoms with Crippen molar-refractivity contribution in [3.63, 3.8) is 0 Å². The van der Waals surface area contributed by atoms with Crippen LogP contribution < -0.4 is 34.3 Å². The lowest BCUT2D eigenvalue weighted by atomic mass is 10.1. The smallest absolute Gasteiger partial charge is 0.257 e. The van der Waals surface area contributed by atoms with E-state index in [1.165, 1.54) is 0 Å². The highest BCUT2D eigenvalue weighted by molar-refractivity contribution is 7.80. The SMILES string of the molecule is CCOc1cc(C(=O)NC(=S)Nc2ccc3c(c2)OCCO3)cc(OCC)c1OCC. The summed E-state index contributed by atoms with van der Waals surface area (Å²) in [7, 11) is 0. The van der Waals surface area contributed by atoms with Crippen LogP contribution in [-0.2, 0) is 0 Å². The molecule has 1 aliphatic rings. The van der Waals surface area contributed by atoms with Crippen LogP contribution in [0.15, 0.2) is 30.3 Å². The molecule has 1 amide bonds. The Balaban J connectivity index is 1.74. The van der Waals surface area contributed by atoms with Gasteiger partial charge in [0.2, 0.25) is 5.75 Å². The summed E-state index contributed by atoms with van der Waals surface area (Å²) in [5.74, 6) is 2.24. The third kappa shape index (κ3) is 5.69. The lowest BCUT2D eigenvalue weighted by Gasteiger charge is -2.19. The van der Waals surface area contributed by atoms with Gasteiger partial charge in [0.05, 0.1) is 19.8 Å². The van der Waals surface area contributed by atoms with Gasteiger partial charge >= 0.3 is 0 Å². The molecule has 0 radical (unpaired) electrons. The van der Waals surface area contributed by atoms with Crippen LogP contribution in [-0.4, -0.2) is 44.1 Å². The molecule has 0 aliphatic carbocycles. The van der Waals surface area contributed by atoms with Gasteiger partial charge in [-0.05, 0) is 57.3 Å². The summed E-state index contributed by atoms with van der Waals surface area (Å²) in [4.78, 5) is 12.8. The number of hydrogen-bond acceptors (Lipinski definition) is 7. The molecule has 0 fully saturated rings. The second-order valence-corrected chi connectivity index (χ2v) is 6.78. The Labute approximate surface area is 186 Å². The van der Waals surface area contributed by atoms with E-state index in [1.54, 1.807) is 30.3 Å². The number of benzene rings is 2. The zero-order valence-corrected chi connectivity index (χ0v) is 18.6. The molecule has 0 spiro atoms. The van der Waals surface area contributed by atoms with E-state index in [9.17, 15) is 4.79 Å². The number of rotatable bonds is 8. The van der Waals surface area contributed by atoms with Gasteiger partial charge in [0, 0.05) is 17.3 Å². The molecule has 166 valence electrons. The maximum absolute atomic E-state index is 12.8. The minimum atomic E-state index is -0.403. The van der Waals surface area contributed by atoms with Gasteiger partial charge in [0.25, 0.3) is 5.91 Å². The summed E-state index contributed by atoms with van der Waals surface area (Å²) >= 11 is 5.30. The lowest BCUT2D eigenvalue weighted by Crippen LogP contribution is -2.34. The molecule has 0 saturated heterocycles. The Morgan fingerprint density at radius 3 is 2.16 bits per heavy atom. The van der Waals surface area contributed by atoms with Crippen LogP contribution >= 0.6 is 12.2 Å². The second kappa shape index (κ2) is 10.7. The predicted molar refractivity (Wildman–Crippen MR) is 121 cm³/mol. The first-order chi connectivity index (χ1) is 15.0. The van der Waals surface area contributed by atoms with Crippen molar-refractivity contribution in [3.05, 3.63) is 35.9 Å². The third-order valence-electron chi connectivity index (χ3n) is 4.20.